The highest BCUT2D eigenvalue weighted by Gasteiger charge is 2.14. The standard InChI is InChI=1S/C13H13N3O2/c1-2-16-9-11(8-15-16)13(18)7-12(17)10-3-5-14-6-4-10/h3-6,8-9H,2,7H2,1H3. The molecule has 5 heteroatoms. The summed E-state index contributed by atoms with van der Waals surface area (Å²) in [5, 5.41) is 4.01. The molecule has 0 spiro atoms. The lowest BCUT2D eigenvalue weighted by atomic mass is 10.0. The molecule has 18 heavy (non-hydrogen) atoms. The van der Waals surface area contributed by atoms with E-state index in [1.165, 1.54) is 18.6 Å². The van der Waals surface area contributed by atoms with Crippen molar-refractivity contribution in [3.05, 3.63) is 48.0 Å². The molecular formula is C13H13N3O2. The summed E-state index contributed by atoms with van der Waals surface area (Å²) >= 11 is 0. The van der Waals surface area contributed by atoms with Gasteiger partial charge in [-0.15, -0.1) is 0 Å². The average Bonchev–Trinajstić information content (AvgIpc) is 2.88. The highest BCUT2D eigenvalue weighted by atomic mass is 16.1. The Labute approximate surface area is 104 Å². The summed E-state index contributed by atoms with van der Waals surface area (Å²) in [7, 11) is 0. The predicted octanol–water partition coefficient (Wildman–Crippen LogP) is 1.75. The maximum absolute atomic E-state index is 11.9. The van der Waals surface area contributed by atoms with Gasteiger partial charge in [-0.05, 0) is 19.1 Å². The van der Waals surface area contributed by atoms with Gasteiger partial charge in [-0.1, -0.05) is 0 Å². The molecule has 0 aliphatic heterocycles. The minimum Gasteiger partial charge on any atom is -0.294 e. The topological polar surface area (TPSA) is 64.8 Å². The van der Waals surface area contributed by atoms with Gasteiger partial charge in [0.1, 0.15) is 0 Å². The van der Waals surface area contributed by atoms with E-state index in [4.69, 9.17) is 0 Å². The van der Waals surface area contributed by atoms with Crippen LogP contribution in [0.3, 0.4) is 0 Å². The van der Waals surface area contributed by atoms with Gasteiger partial charge in [-0.2, -0.15) is 5.10 Å². The molecule has 0 bridgehead atoms. The van der Waals surface area contributed by atoms with Gasteiger partial charge in [-0.25, -0.2) is 0 Å². The highest BCUT2D eigenvalue weighted by Crippen LogP contribution is 2.07. The number of hydrogen-bond donors (Lipinski definition) is 0. The molecule has 0 atom stereocenters. The first-order valence-electron chi connectivity index (χ1n) is 5.69. The van der Waals surface area contributed by atoms with Crippen molar-refractivity contribution in [2.75, 3.05) is 0 Å². The summed E-state index contributed by atoms with van der Waals surface area (Å²) in [6, 6.07) is 3.20. The van der Waals surface area contributed by atoms with Crippen molar-refractivity contribution in [3.8, 4) is 0 Å². The number of aromatic nitrogens is 3. The molecule has 0 saturated heterocycles. The number of aryl methyl sites for hydroxylation is 1. The maximum Gasteiger partial charge on any atom is 0.173 e. The molecule has 0 radical (unpaired) electrons. The Hall–Kier alpha value is -2.30. The van der Waals surface area contributed by atoms with Crippen LogP contribution < -0.4 is 0 Å². The highest BCUT2D eigenvalue weighted by molar-refractivity contribution is 6.13. The number of carbonyl (C=O) groups is 2. The Kier molecular flexibility index (Phi) is 3.62. The third kappa shape index (κ3) is 2.68. The number of rotatable bonds is 5. The van der Waals surface area contributed by atoms with E-state index in [-0.39, 0.29) is 18.0 Å². The van der Waals surface area contributed by atoms with Crippen LogP contribution >= 0.6 is 0 Å². The van der Waals surface area contributed by atoms with Crippen molar-refractivity contribution < 1.29 is 9.59 Å². The largest absolute Gasteiger partial charge is 0.294 e. The Morgan fingerprint density at radius 3 is 2.44 bits per heavy atom. The molecule has 0 aliphatic carbocycles. The van der Waals surface area contributed by atoms with Gasteiger partial charge in [0.05, 0.1) is 18.2 Å². The van der Waals surface area contributed by atoms with E-state index in [0.29, 0.717) is 17.7 Å². The van der Waals surface area contributed by atoms with Crippen LogP contribution in [0.15, 0.2) is 36.9 Å². The van der Waals surface area contributed by atoms with E-state index >= 15 is 0 Å². The molecule has 0 aromatic carbocycles. The van der Waals surface area contributed by atoms with Crippen LogP contribution in [-0.2, 0) is 6.54 Å². The van der Waals surface area contributed by atoms with Crippen molar-refractivity contribution in [1.82, 2.24) is 14.8 Å². The monoisotopic (exact) mass is 243 g/mol. The fraction of sp³-hybridized carbons (Fsp3) is 0.231. The van der Waals surface area contributed by atoms with Crippen LogP contribution in [0.4, 0.5) is 0 Å². The molecule has 92 valence electrons. The van der Waals surface area contributed by atoms with E-state index in [9.17, 15) is 9.59 Å². The van der Waals surface area contributed by atoms with E-state index in [0.717, 1.165) is 0 Å². The fourth-order valence-electron chi connectivity index (χ4n) is 1.57. The summed E-state index contributed by atoms with van der Waals surface area (Å²) in [6.07, 6.45) is 6.08. The van der Waals surface area contributed by atoms with E-state index in [1.54, 1.807) is 23.0 Å². The van der Waals surface area contributed by atoms with Crippen LogP contribution in [0.2, 0.25) is 0 Å². The molecule has 0 N–H and O–H groups in total. The average molecular weight is 243 g/mol. The lowest BCUT2D eigenvalue weighted by Crippen LogP contribution is -2.08. The first-order valence-corrected chi connectivity index (χ1v) is 5.69. The Bertz CT molecular complexity index is 561. The van der Waals surface area contributed by atoms with Gasteiger partial charge in [0.25, 0.3) is 0 Å². The third-order valence-corrected chi connectivity index (χ3v) is 2.60. The van der Waals surface area contributed by atoms with Gasteiger partial charge >= 0.3 is 0 Å². The minimum atomic E-state index is -0.212. The summed E-state index contributed by atoms with van der Waals surface area (Å²) < 4.78 is 1.66. The Morgan fingerprint density at radius 1 is 1.17 bits per heavy atom. The van der Waals surface area contributed by atoms with Gasteiger partial charge in [0.2, 0.25) is 0 Å². The zero-order chi connectivity index (χ0) is 13.0. The van der Waals surface area contributed by atoms with Gasteiger partial charge in [-0.3, -0.25) is 19.3 Å². The summed E-state index contributed by atoms with van der Waals surface area (Å²) in [5.41, 5.74) is 0.973. The molecular weight excluding hydrogens is 230 g/mol. The van der Waals surface area contributed by atoms with Gasteiger partial charge in [0.15, 0.2) is 11.6 Å². The number of pyridine rings is 1. The predicted molar refractivity (Wildman–Crippen MR) is 65.4 cm³/mol. The molecule has 0 amide bonds. The molecule has 2 rings (SSSR count). The molecule has 2 aromatic rings. The maximum atomic E-state index is 11.9. The Balaban J connectivity index is 2.06. The quantitative estimate of drug-likeness (QED) is 0.592. The van der Waals surface area contributed by atoms with E-state index < -0.39 is 0 Å². The second-order valence-electron chi connectivity index (χ2n) is 3.84. The molecule has 2 aromatic heterocycles. The van der Waals surface area contributed by atoms with E-state index in [1.807, 2.05) is 6.92 Å². The molecule has 0 fully saturated rings. The smallest absolute Gasteiger partial charge is 0.173 e. The second kappa shape index (κ2) is 5.35. The van der Waals surface area contributed by atoms with Crippen molar-refractivity contribution in [1.29, 1.82) is 0 Å². The second-order valence-corrected chi connectivity index (χ2v) is 3.84. The zero-order valence-corrected chi connectivity index (χ0v) is 10.0. The normalized spacial score (nSPS) is 10.3. The first kappa shape index (κ1) is 12.2. The SMILES string of the molecule is CCn1cc(C(=O)CC(=O)c2ccncc2)cn1. The van der Waals surface area contributed by atoms with Gasteiger partial charge < -0.3 is 0 Å². The van der Waals surface area contributed by atoms with Crippen LogP contribution in [0.25, 0.3) is 0 Å². The fourth-order valence-corrected chi connectivity index (χ4v) is 1.57. The van der Waals surface area contributed by atoms with Crippen LogP contribution in [0, 0.1) is 0 Å². The number of carbonyl (C=O) groups excluding carboxylic acids is 2. The molecule has 5 nitrogen and oxygen atoms in total. The van der Waals surface area contributed by atoms with Crippen molar-refractivity contribution in [2.24, 2.45) is 0 Å². The van der Waals surface area contributed by atoms with E-state index in [2.05, 4.69) is 10.1 Å². The number of hydrogen-bond acceptors (Lipinski definition) is 4. The van der Waals surface area contributed by atoms with Crippen molar-refractivity contribution >= 4 is 11.6 Å². The number of ketones is 2. The third-order valence-electron chi connectivity index (χ3n) is 2.60. The Morgan fingerprint density at radius 2 is 1.83 bits per heavy atom. The lowest BCUT2D eigenvalue weighted by molar-refractivity contribution is 0.0894. The van der Waals surface area contributed by atoms with Crippen molar-refractivity contribution in [3.63, 3.8) is 0 Å². The molecule has 0 unspecified atom stereocenters. The summed E-state index contributed by atoms with van der Waals surface area (Å²) in [6.45, 7) is 2.63. The molecule has 0 saturated carbocycles. The van der Waals surface area contributed by atoms with Crippen LogP contribution in [-0.4, -0.2) is 26.3 Å². The molecule has 0 aliphatic rings. The lowest BCUT2D eigenvalue weighted by Gasteiger charge is -1.98. The first-order chi connectivity index (χ1) is 8.70. The van der Waals surface area contributed by atoms with Crippen LogP contribution in [0.1, 0.15) is 34.1 Å². The summed E-state index contributed by atoms with van der Waals surface area (Å²) in [5.74, 6) is -0.414. The van der Waals surface area contributed by atoms with Gasteiger partial charge in [0, 0.05) is 30.7 Å². The van der Waals surface area contributed by atoms with Crippen molar-refractivity contribution in [2.45, 2.75) is 19.9 Å². The molecule has 2 heterocycles. The number of nitrogens with zero attached hydrogens (tertiary/aromatic N) is 3. The number of Topliss-reactive ketones (excluding diaryl/α,β-unsaturated/α-hetero) is 2. The minimum absolute atomic E-state index is 0.139. The van der Waals surface area contributed by atoms with Crippen LogP contribution in [0.5, 0.6) is 0 Å². The zero-order valence-electron chi connectivity index (χ0n) is 10.0. The summed E-state index contributed by atoms with van der Waals surface area (Å²) in [4.78, 5) is 27.5.